The molecule has 3 heterocycles. The number of pyridine rings is 1. The molecule has 1 spiro atoms. The molecule has 2 aliphatic heterocycles. The second-order valence-electron chi connectivity index (χ2n) is 9.76. The van der Waals surface area contributed by atoms with Crippen molar-refractivity contribution in [2.45, 2.75) is 37.9 Å². The number of carbonyl (C=O) groups excluding carboxylic acids is 2. The number of hydrogen-bond acceptors (Lipinski definition) is 5. The number of aromatic nitrogens is 1. The van der Waals surface area contributed by atoms with E-state index < -0.39 is 22.9 Å². The molecule has 4 aliphatic rings. The largest absolute Gasteiger partial charge is 0.502 e. The highest BCUT2D eigenvalue weighted by molar-refractivity contribution is 6.05. The molecule has 9 heteroatoms. The molecule has 2 saturated carbocycles. The average molecular weight is 467 g/mol. The summed E-state index contributed by atoms with van der Waals surface area (Å²) in [7, 11) is 1.57. The number of nitrogens with zero attached hydrogens (tertiary/aromatic N) is 3. The van der Waals surface area contributed by atoms with Gasteiger partial charge in [0, 0.05) is 38.2 Å². The maximum Gasteiger partial charge on any atom is 0.296 e. The first-order valence-electron chi connectivity index (χ1n) is 11.7. The van der Waals surface area contributed by atoms with Crippen LogP contribution in [0.5, 0.6) is 5.75 Å². The standard InChI is InChI=1S/C25H26FN3O5/c1-34-11-10-28-23(32)20-17-7-9-27(13-14-2-4-16(26)5-3-14)22(31)19(17)21(30)24(33)29(20)25(28)8-6-15-12-18(15)25/h2-5,15,18,30H,6-13H2,1H3/t15?,18-,25?/m0/s1. The Hall–Kier alpha value is -3.20. The molecule has 3 atom stereocenters. The molecule has 2 aliphatic carbocycles. The van der Waals surface area contributed by atoms with Crippen LogP contribution < -0.4 is 5.56 Å². The lowest BCUT2D eigenvalue weighted by molar-refractivity contribution is 0.0137. The van der Waals surface area contributed by atoms with Crippen molar-refractivity contribution in [3.63, 3.8) is 0 Å². The molecule has 2 amide bonds. The third kappa shape index (κ3) is 2.76. The SMILES string of the molecule is COCCN1C(=O)c2c3c(c(O)c(=O)n2C12CCC1C[C@@H]12)C(=O)N(Cc1ccc(F)cc1)CC3. The number of aromatic hydroxyl groups is 1. The minimum atomic E-state index is -0.784. The van der Waals surface area contributed by atoms with Crippen molar-refractivity contribution in [3.8, 4) is 5.75 Å². The summed E-state index contributed by atoms with van der Waals surface area (Å²) >= 11 is 0. The van der Waals surface area contributed by atoms with Crippen LogP contribution in [0.25, 0.3) is 0 Å². The molecule has 0 saturated heterocycles. The van der Waals surface area contributed by atoms with Crippen molar-refractivity contribution < 1.29 is 23.8 Å². The highest BCUT2D eigenvalue weighted by atomic mass is 19.1. The minimum absolute atomic E-state index is 0.0768. The normalized spacial score (nSPS) is 26.8. The van der Waals surface area contributed by atoms with Crippen LogP contribution in [-0.4, -0.2) is 58.1 Å². The molecule has 2 fully saturated rings. The molecule has 1 N–H and O–H groups in total. The number of hydrogen-bond donors (Lipinski definition) is 1. The molecule has 1 aromatic carbocycles. The maximum atomic E-state index is 13.7. The molecule has 0 radical (unpaired) electrons. The molecule has 178 valence electrons. The van der Waals surface area contributed by atoms with Gasteiger partial charge in [-0.1, -0.05) is 12.1 Å². The average Bonchev–Trinajstić information content (AvgIpc) is 3.47. The number of benzene rings is 1. The zero-order chi connectivity index (χ0) is 23.8. The molecular weight excluding hydrogens is 441 g/mol. The summed E-state index contributed by atoms with van der Waals surface area (Å²) in [5, 5.41) is 11.0. The summed E-state index contributed by atoms with van der Waals surface area (Å²) in [5.74, 6) is -1.05. The number of halogens is 1. The van der Waals surface area contributed by atoms with E-state index in [0.29, 0.717) is 44.0 Å². The predicted octanol–water partition coefficient (Wildman–Crippen LogP) is 2.08. The zero-order valence-electron chi connectivity index (χ0n) is 18.9. The number of methoxy groups -OCH3 is 1. The van der Waals surface area contributed by atoms with Gasteiger partial charge in [0.25, 0.3) is 17.4 Å². The van der Waals surface area contributed by atoms with Gasteiger partial charge in [-0.15, -0.1) is 0 Å². The Morgan fingerprint density at radius 2 is 1.94 bits per heavy atom. The van der Waals surface area contributed by atoms with E-state index in [0.717, 1.165) is 18.4 Å². The summed E-state index contributed by atoms with van der Waals surface area (Å²) in [6, 6.07) is 5.85. The van der Waals surface area contributed by atoms with E-state index >= 15 is 0 Å². The van der Waals surface area contributed by atoms with Crippen LogP contribution in [0.15, 0.2) is 29.1 Å². The van der Waals surface area contributed by atoms with Gasteiger partial charge in [-0.2, -0.15) is 0 Å². The summed E-state index contributed by atoms with van der Waals surface area (Å²) in [4.78, 5) is 44.0. The van der Waals surface area contributed by atoms with E-state index in [9.17, 15) is 23.9 Å². The monoisotopic (exact) mass is 467 g/mol. The minimum Gasteiger partial charge on any atom is -0.502 e. The predicted molar refractivity (Wildman–Crippen MR) is 119 cm³/mol. The number of carbonyl (C=O) groups is 2. The van der Waals surface area contributed by atoms with E-state index in [-0.39, 0.29) is 35.4 Å². The van der Waals surface area contributed by atoms with E-state index in [1.165, 1.54) is 21.6 Å². The van der Waals surface area contributed by atoms with E-state index in [2.05, 4.69) is 0 Å². The van der Waals surface area contributed by atoms with Crippen LogP contribution in [0.3, 0.4) is 0 Å². The van der Waals surface area contributed by atoms with Gasteiger partial charge in [-0.3, -0.25) is 19.0 Å². The molecule has 6 rings (SSSR count). The van der Waals surface area contributed by atoms with E-state index in [1.54, 1.807) is 24.1 Å². The lowest BCUT2D eigenvalue weighted by Gasteiger charge is -2.38. The van der Waals surface area contributed by atoms with E-state index in [4.69, 9.17) is 4.74 Å². The topological polar surface area (TPSA) is 92.1 Å². The molecule has 2 aromatic rings. The van der Waals surface area contributed by atoms with Crippen molar-refractivity contribution >= 4 is 11.8 Å². The Balaban J connectivity index is 1.45. The zero-order valence-corrected chi connectivity index (χ0v) is 18.9. The first kappa shape index (κ1) is 21.3. The summed E-state index contributed by atoms with van der Waals surface area (Å²) in [6.07, 6.45) is 2.88. The van der Waals surface area contributed by atoms with Crippen LogP contribution in [0, 0.1) is 17.7 Å². The molecule has 1 aromatic heterocycles. The summed E-state index contributed by atoms with van der Waals surface area (Å²) in [5.41, 5.74) is -0.101. The van der Waals surface area contributed by atoms with Crippen molar-refractivity contribution in [3.05, 3.63) is 62.8 Å². The van der Waals surface area contributed by atoms with Crippen molar-refractivity contribution in [1.29, 1.82) is 0 Å². The van der Waals surface area contributed by atoms with Gasteiger partial charge in [-0.05, 0) is 49.3 Å². The molecule has 0 bridgehead atoms. The van der Waals surface area contributed by atoms with Crippen molar-refractivity contribution in [2.24, 2.45) is 11.8 Å². The first-order chi connectivity index (χ1) is 16.4. The van der Waals surface area contributed by atoms with Crippen molar-refractivity contribution in [2.75, 3.05) is 26.8 Å². The van der Waals surface area contributed by atoms with Gasteiger partial charge in [0.15, 0.2) is 5.75 Å². The highest BCUT2D eigenvalue weighted by Gasteiger charge is 2.67. The maximum absolute atomic E-state index is 13.7. The third-order valence-corrected chi connectivity index (χ3v) is 8.09. The van der Waals surface area contributed by atoms with Crippen molar-refractivity contribution in [1.82, 2.24) is 14.4 Å². The Kier molecular flexibility index (Phi) is 4.64. The van der Waals surface area contributed by atoms with Gasteiger partial charge >= 0.3 is 0 Å². The lowest BCUT2D eigenvalue weighted by Crippen LogP contribution is -2.51. The second-order valence-corrected chi connectivity index (χ2v) is 9.76. The van der Waals surface area contributed by atoms with Crippen LogP contribution >= 0.6 is 0 Å². The number of rotatable bonds is 5. The van der Waals surface area contributed by atoms with Crippen LogP contribution in [-0.2, 0) is 23.4 Å². The second kappa shape index (κ2) is 7.40. The van der Waals surface area contributed by atoms with Gasteiger partial charge < -0.3 is 19.6 Å². The van der Waals surface area contributed by atoms with Gasteiger partial charge in [-0.25, -0.2) is 4.39 Å². The number of fused-ring (bicyclic) bond motifs is 6. The molecule has 2 unspecified atom stereocenters. The first-order valence-corrected chi connectivity index (χ1v) is 11.7. The molecular formula is C25H26FN3O5. The Morgan fingerprint density at radius 3 is 2.59 bits per heavy atom. The molecule has 8 nitrogen and oxygen atoms in total. The van der Waals surface area contributed by atoms with Gasteiger partial charge in [0.2, 0.25) is 0 Å². The third-order valence-electron chi connectivity index (χ3n) is 8.09. The lowest BCUT2D eigenvalue weighted by atomic mass is 9.95. The smallest absolute Gasteiger partial charge is 0.296 e. The fraction of sp³-hybridized carbons (Fsp3) is 0.480. The molecule has 34 heavy (non-hydrogen) atoms. The van der Waals surface area contributed by atoms with Crippen LogP contribution in [0.1, 0.15) is 51.2 Å². The van der Waals surface area contributed by atoms with E-state index in [1.807, 2.05) is 0 Å². The Morgan fingerprint density at radius 1 is 1.18 bits per heavy atom. The number of ether oxygens (including phenoxy) is 1. The quantitative estimate of drug-likeness (QED) is 0.727. The van der Waals surface area contributed by atoms with Gasteiger partial charge in [0.1, 0.15) is 17.2 Å². The number of amides is 2. The van der Waals surface area contributed by atoms with Gasteiger partial charge in [0.05, 0.1) is 12.2 Å². The Bertz CT molecular complexity index is 1270. The summed E-state index contributed by atoms with van der Waals surface area (Å²) in [6.45, 7) is 1.24. The van der Waals surface area contributed by atoms with Crippen LogP contribution in [0.2, 0.25) is 0 Å². The fourth-order valence-corrected chi connectivity index (χ4v) is 6.48. The highest BCUT2D eigenvalue weighted by Crippen LogP contribution is 2.64. The summed E-state index contributed by atoms with van der Waals surface area (Å²) < 4.78 is 20.0. The Labute approximate surface area is 195 Å². The fourth-order valence-electron chi connectivity index (χ4n) is 6.48. The van der Waals surface area contributed by atoms with Crippen LogP contribution in [0.4, 0.5) is 4.39 Å².